The van der Waals surface area contributed by atoms with E-state index in [9.17, 15) is 0 Å². The smallest absolute Gasteiger partial charge is 0.137 e. The van der Waals surface area contributed by atoms with Crippen LogP contribution in [0.15, 0.2) is 16.9 Å². The van der Waals surface area contributed by atoms with Crippen molar-refractivity contribution in [2.24, 2.45) is 0 Å². The quantitative estimate of drug-likeness (QED) is 0.845. The van der Waals surface area contributed by atoms with Crippen LogP contribution >= 0.6 is 0 Å². The lowest BCUT2D eigenvalue weighted by Gasteiger charge is -2.23. The molecule has 2 aromatic heterocycles. The fourth-order valence-electron chi connectivity index (χ4n) is 2.77. The first-order chi connectivity index (χ1) is 11.2. The zero-order chi connectivity index (χ0) is 16.1. The standard InChI is InChI=1S/C16H23N5O2/c1-11-14(12(2)23-21-11)5-6-17-15-8-16(19-10-18-15)20-13-4-3-7-22-9-13/h8,10,13H,3-7,9H2,1-2H3,(H2,17,18,19,20)/t13-/m1/s1. The number of hydrogen-bond acceptors (Lipinski definition) is 7. The van der Waals surface area contributed by atoms with E-state index in [0.29, 0.717) is 6.04 Å². The predicted octanol–water partition coefficient (Wildman–Crippen LogP) is 2.33. The number of nitrogens with one attached hydrogen (secondary N) is 2. The molecule has 0 saturated carbocycles. The normalized spacial score (nSPS) is 17.9. The molecule has 0 aliphatic carbocycles. The summed E-state index contributed by atoms with van der Waals surface area (Å²) < 4.78 is 10.7. The molecule has 0 spiro atoms. The summed E-state index contributed by atoms with van der Waals surface area (Å²) in [5.74, 6) is 2.52. The van der Waals surface area contributed by atoms with Gasteiger partial charge < -0.3 is 19.9 Å². The zero-order valence-electron chi connectivity index (χ0n) is 13.6. The molecule has 0 aromatic carbocycles. The highest BCUT2D eigenvalue weighted by atomic mass is 16.5. The van der Waals surface area contributed by atoms with Crippen molar-refractivity contribution in [2.45, 2.75) is 39.2 Å². The largest absolute Gasteiger partial charge is 0.379 e. The molecule has 0 unspecified atom stereocenters. The third-order valence-corrected chi connectivity index (χ3v) is 4.04. The SMILES string of the molecule is Cc1noc(C)c1CCNc1cc(N[C@@H]2CCCOC2)ncn1. The monoisotopic (exact) mass is 317 g/mol. The second kappa shape index (κ2) is 7.41. The van der Waals surface area contributed by atoms with E-state index < -0.39 is 0 Å². The van der Waals surface area contributed by atoms with Crippen molar-refractivity contribution >= 4 is 11.6 Å². The second-order valence-corrected chi connectivity index (χ2v) is 5.83. The van der Waals surface area contributed by atoms with Gasteiger partial charge in [0.15, 0.2) is 0 Å². The first kappa shape index (κ1) is 15.7. The van der Waals surface area contributed by atoms with E-state index in [4.69, 9.17) is 9.26 Å². The summed E-state index contributed by atoms with van der Waals surface area (Å²) in [6.07, 6.45) is 4.62. The molecule has 1 saturated heterocycles. The summed E-state index contributed by atoms with van der Waals surface area (Å²) in [7, 11) is 0. The van der Waals surface area contributed by atoms with Gasteiger partial charge in [0.2, 0.25) is 0 Å². The Morgan fingerprint density at radius 1 is 1.26 bits per heavy atom. The third-order valence-electron chi connectivity index (χ3n) is 4.04. The van der Waals surface area contributed by atoms with Gasteiger partial charge in [-0.05, 0) is 33.1 Å². The van der Waals surface area contributed by atoms with Gasteiger partial charge >= 0.3 is 0 Å². The molecule has 3 rings (SSSR count). The van der Waals surface area contributed by atoms with E-state index in [-0.39, 0.29) is 0 Å². The van der Waals surface area contributed by atoms with Crippen LogP contribution in [0, 0.1) is 13.8 Å². The Balaban J connectivity index is 1.53. The molecule has 2 N–H and O–H groups in total. The lowest BCUT2D eigenvalue weighted by molar-refractivity contribution is 0.0875. The van der Waals surface area contributed by atoms with E-state index in [0.717, 1.165) is 67.7 Å². The summed E-state index contributed by atoms with van der Waals surface area (Å²) in [6.45, 7) is 6.26. The zero-order valence-corrected chi connectivity index (χ0v) is 13.6. The van der Waals surface area contributed by atoms with Crippen LogP contribution in [0.2, 0.25) is 0 Å². The lowest BCUT2D eigenvalue weighted by Crippen LogP contribution is -2.30. The van der Waals surface area contributed by atoms with Crippen LogP contribution in [0.1, 0.15) is 29.9 Å². The Kier molecular flexibility index (Phi) is 5.07. The number of aryl methyl sites for hydroxylation is 2. The third kappa shape index (κ3) is 4.19. The van der Waals surface area contributed by atoms with Gasteiger partial charge in [-0.15, -0.1) is 0 Å². The number of nitrogens with zero attached hydrogens (tertiary/aromatic N) is 3. The Bertz CT molecular complexity index is 618. The Labute approximate surface area is 135 Å². The summed E-state index contributed by atoms with van der Waals surface area (Å²) in [6, 6.07) is 2.26. The average Bonchev–Trinajstić information content (AvgIpc) is 2.88. The van der Waals surface area contributed by atoms with E-state index in [2.05, 4.69) is 25.8 Å². The summed E-state index contributed by atoms with van der Waals surface area (Å²) in [5.41, 5.74) is 2.11. The molecule has 0 bridgehead atoms. The van der Waals surface area contributed by atoms with Crippen molar-refractivity contribution in [3.8, 4) is 0 Å². The van der Waals surface area contributed by atoms with E-state index >= 15 is 0 Å². The number of hydrogen-bond donors (Lipinski definition) is 2. The Morgan fingerprint density at radius 2 is 2.13 bits per heavy atom. The minimum absolute atomic E-state index is 0.328. The highest BCUT2D eigenvalue weighted by Crippen LogP contribution is 2.16. The van der Waals surface area contributed by atoms with Crippen molar-refractivity contribution in [1.29, 1.82) is 0 Å². The van der Waals surface area contributed by atoms with E-state index in [1.165, 1.54) is 0 Å². The van der Waals surface area contributed by atoms with Crippen LogP contribution in [0.3, 0.4) is 0 Å². The molecule has 2 aromatic rings. The number of aromatic nitrogens is 3. The molecule has 23 heavy (non-hydrogen) atoms. The first-order valence-electron chi connectivity index (χ1n) is 8.04. The molecule has 7 nitrogen and oxygen atoms in total. The predicted molar refractivity (Wildman–Crippen MR) is 87.7 cm³/mol. The van der Waals surface area contributed by atoms with Gasteiger partial charge in [-0.25, -0.2) is 9.97 Å². The highest BCUT2D eigenvalue weighted by Gasteiger charge is 2.14. The summed E-state index contributed by atoms with van der Waals surface area (Å²) in [5, 5.41) is 10.7. The van der Waals surface area contributed by atoms with Crippen molar-refractivity contribution in [3.63, 3.8) is 0 Å². The number of ether oxygens (including phenoxy) is 1. The highest BCUT2D eigenvalue weighted by molar-refractivity contribution is 5.47. The summed E-state index contributed by atoms with van der Waals surface area (Å²) in [4.78, 5) is 8.54. The molecule has 0 radical (unpaired) electrons. The maximum atomic E-state index is 5.48. The van der Waals surface area contributed by atoms with Crippen LogP contribution in [-0.2, 0) is 11.2 Å². The van der Waals surface area contributed by atoms with Crippen molar-refractivity contribution in [2.75, 3.05) is 30.4 Å². The molecule has 1 fully saturated rings. The molecule has 1 aliphatic heterocycles. The summed E-state index contributed by atoms with van der Waals surface area (Å²) >= 11 is 0. The maximum Gasteiger partial charge on any atom is 0.137 e. The number of anilines is 2. The molecule has 1 atom stereocenters. The Hall–Kier alpha value is -2.15. The fraction of sp³-hybridized carbons (Fsp3) is 0.562. The van der Waals surface area contributed by atoms with Crippen LogP contribution in [0.4, 0.5) is 11.6 Å². The van der Waals surface area contributed by atoms with Crippen LogP contribution in [0.25, 0.3) is 0 Å². The molecule has 7 heteroatoms. The van der Waals surface area contributed by atoms with Gasteiger partial charge in [0.05, 0.1) is 18.3 Å². The molecule has 124 valence electrons. The lowest BCUT2D eigenvalue weighted by atomic mass is 10.1. The van der Waals surface area contributed by atoms with Crippen LogP contribution < -0.4 is 10.6 Å². The maximum absolute atomic E-state index is 5.48. The van der Waals surface area contributed by atoms with Crippen molar-refractivity contribution < 1.29 is 9.26 Å². The van der Waals surface area contributed by atoms with Crippen LogP contribution in [-0.4, -0.2) is 40.9 Å². The van der Waals surface area contributed by atoms with Gasteiger partial charge in [-0.2, -0.15) is 0 Å². The molecular weight excluding hydrogens is 294 g/mol. The van der Waals surface area contributed by atoms with E-state index in [1.54, 1.807) is 6.33 Å². The minimum atomic E-state index is 0.328. The molecule has 1 aliphatic rings. The van der Waals surface area contributed by atoms with Gasteiger partial charge in [0.25, 0.3) is 0 Å². The topological polar surface area (TPSA) is 85.1 Å². The average molecular weight is 317 g/mol. The van der Waals surface area contributed by atoms with Crippen molar-refractivity contribution in [1.82, 2.24) is 15.1 Å². The second-order valence-electron chi connectivity index (χ2n) is 5.83. The van der Waals surface area contributed by atoms with Gasteiger partial charge in [0.1, 0.15) is 23.7 Å². The minimum Gasteiger partial charge on any atom is -0.379 e. The van der Waals surface area contributed by atoms with Gasteiger partial charge in [-0.1, -0.05) is 5.16 Å². The van der Waals surface area contributed by atoms with Gasteiger partial charge in [0, 0.05) is 24.8 Å². The fourth-order valence-corrected chi connectivity index (χ4v) is 2.77. The van der Waals surface area contributed by atoms with Gasteiger partial charge in [-0.3, -0.25) is 0 Å². The number of rotatable bonds is 6. The molecule has 3 heterocycles. The van der Waals surface area contributed by atoms with Crippen molar-refractivity contribution in [3.05, 3.63) is 29.4 Å². The molecular formula is C16H23N5O2. The van der Waals surface area contributed by atoms with E-state index in [1.807, 2.05) is 19.9 Å². The first-order valence-corrected chi connectivity index (χ1v) is 8.04. The Morgan fingerprint density at radius 3 is 2.87 bits per heavy atom. The molecule has 0 amide bonds. The van der Waals surface area contributed by atoms with Crippen LogP contribution in [0.5, 0.6) is 0 Å².